The fourth-order valence-corrected chi connectivity index (χ4v) is 7.40. The van der Waals surface area contributed by atoms with Crippen molar-refractivity contribution in [2.45, 2.75) is 12.8 Å². The van der Waals surface area contributed by atoms with Crippen LogP contribution in [0.3, 0.4) is 0 Å². The number of ketones is 2. The molecular weight excluding hydrogens is 717 g/mol. The smallest absolute Gasteiger partial charge is 0.321 e. The molecule has 4 aliphatic carbocycles. The van der Waals surface area contributed by atoms with Crippen molar-refractivity contribution in [1.29, 1.82) is 0 Å². The molecule has 0 unspecified atom stereocenters. The largest absolute Gasteiger partial charge is 0.323 e. The van der Waals surface area contributed by atoms with Crippen LogP contribution in [-0.4, -0.2) is 55.4 Å². The zero-order valence-corrected chi connectivity index (χ0v) is 28.2. The summed E-state index contributed by atoms with van der Waals surface area (Å²) in [6, 6.07) is 10.8. The van der Waals surface area contributed by atoms with Crippen molar-refractivity contribution >= 4 is 61.0 Å². The first-order chi connectivity index (χ1) is 24.6. The van der Waals surface area contributed by atoms with E-state index in [1.54, 1.807) is 24.3 Å². The lowest BCUT2D eigenvalue weighted by atomic mass is 9.89. The number of hydrogen-bond donors (Lipinski definition) is 6. The monoisotopic (exact) mass is 742 g/mol. The molecule has 264 valence electrons. The van der Waals surface area contributed by atoms with Crippen LogP contribution in [-0.2, 0) is 29.8 Å². The first-order valence-electron chi connectivity index (χ1n) is 15.2. The molecule has 4 amide bonds. The Morgan fingerprint density at radius 2 is 0.923 bits per heavy atom. The highest BCUT2D eigenvalue weighted by atomic mass is 32.2. The minimum Gasteiger partial charge on any atom is -0.321 e. The van der Waals surface area contributed by atoms with E-state index in [2.05, 4.69) is 21.3 Å². The van der Waals surface area contributed by atoms with Crippen LogP contribution >= 0.6 is 0 Å². The first-order valence-corrected chi connectivity index (χ1v) is 18.1. The van der Waals surface area contributed by atoms with Gasteiger partial charge in [0, 0.05) is 45.8 Å². The van der Waals surface area contributed by atoms with E-state index in [4.69, 9.17) is 0 Å². The van der Waals surface area contributed by atoms with Crippen molar-refractivity contribution in [2.24, 2.45) is 0 Å². The van der Waals surface area contributed by atoms with Gasteiger partial charge in [0.25, 0.3) is 32.1 Å². The summed E-state index contributed by atoms with van der Waals surface area (Å²) in [6.07, 6.45) is 11.5. The molecule has 2 aromatic rings. The SMILES string of the molecule is O=C(Nc1ccc(C(=O)NC2=CC(=O)C(S(=O)(=O)O)=C3CC=CC=C23)cc1)Nc1ccc(C(=O)NC2=CC(=O)C(S(=O)(=O)O)=C3CC=CC=C23)cc1. The summed E-state index contributed by atoms with van der Waals surface area (Å²) >= 11 is 0. The number of carbonyl (C=O) groups is 5. The molecule has 2 aromatic carbocycles. The second kappa shape index (κ2) is 13.8. The van der Waals surface area contributed by atoms with Crippen LogP contribution in [0.2, 0.25) is 0 Å². The molecule has 6 N–H and O–H groups in total. The summed E-state index contributed by atoms with van der Waals surface area (Å²) in [5, 5.41) is 10.4. The number of fused-ring (bicyclic) bond motifs is 2. The van der Waals surface area contributed by atoms with Crippen LogP contribution in [0.4, 0.5) is 16.2 Å². The third-order valence-electron chi connectivity index (χ3n) is 8.04. The van der Waals surface area contributed by atoms with Crippen LogP contribution in [0.25, 0.3) is 0 Å². The standard InChI is InChI=1S/C35H26N4O11S2/c40-29-17-27(23-5-1-3-7-25(23)31(29)51(45,46)47)38-33(42)19-9-13-21(14-10-19)36-35(44)37-22-15-11-20(12-16-22)34(43)39-28-18-30(41)32(52(48,49)50)26-8-4-2-6-24(26)28/h1-6,9-18H,7-8H2,(H,38,42)(H,39,43)(H2,36,37,44)(H,45,46,47)(H,48,49,50). The fourth-order valence-electron chi connectivity index (χ4n) is 5.77. The Kier molecular flexibility index (Phi) is 9.44. The molecule has 4 aliphatic rings. The Balaban J connectivity index is 1.05. The van der Waals surface area contributed by atoms with E-state index in [-0.39, 0.29) is 57.7 Å². The molecule has 6 rings (SSSR count). The molecule has 52 heavy (non-hydrogen) atoms. The third kappa shape index (κ3) is 7.42. The van der Waals surface area contributed by atoms with Crippen LogP contribution in [0, 0.1) is 0 Å². The second-order valence-corrected chi connectivity index (χ2v) is 14.2. The van der Waals surface area contributed by atoms with Crippen LogP contribution in [0.1, 0.15) is 33.6 Å². The van der Waals surface area contributed by atoms with Gasteiger partial charge < -0.3 is 21.3 Å². The number of benzene rings is 2. The molecule has 0 heterocycles. The molecule has 17 heteroatoms. The van der Waals surface area contributed by atoms with Gasteiger partial charge in [0.2, 0.25) is 11.6 Å². The van der Waals surface area contributed by atoms with Gasteiger partial charge in [0.15, 0.2) is 0 Å². The minimum absolute atomic E-state index is 0.0591. The highest BCUT2D eigenvalue weighted by Crippen LogP contribution is 2.36. The van der Waals surface area contributed by atoms with Gasteiger partial charge in [-0.1, -0.05) is 36.5 Å². The molecule has 0 aliphatic heterocycles. The van der Waals surface area contributed by atoms with E-state index < -0.39 is 59.5 Å². The van der Waals surface area contributed by atoms with Gasteiger partial charge in [-0.25, -0.2) is 4.79 Å². The molecular formula is C35H26N4O11S2. The van der Waals surface area contributed by atoms with Crippen molar-refractivity contribution in [1.82, 2.24) is 10.6 Å². The van der Waals surface area contributed by atoms with Crippen LogP contribution in [0.5, 0.6) is 0 Å². The summed E-state index contributed by atoms with van der Waals surface area (Å²) in [6.45, 7) is 0. The average Bonchev–Trinajstić information content (AvgIpc) is 3.07. The normalized spacial score (nSPS) is 16.9. The van der Waals surface area contributed by atoms with Crippen molar-refractivity contribution in [2.75, 3.05) is 10.6 Å². The number of rotatable bonds is 8. The Morgan fingerprint density at radius 3 is 1.27 bits per heavy atom. The van der Waals surface area contributed by atoms with Crippen LogP contribution < -0.4 is 21.3 Å². The van der Waals surface area contributed by atoms with E-state index in [0.717, 1.165) is 12.2 Å². The summed E-state index contributed by atoms with van der Waals surface area (Å²) in [5.74, 6) is -3.18. The minimum atomic E-state index is -4.80. The number of allylic oxidation sites excluding steroid dienone is 12. The summed E-state index contributed by atoms with van der Waals surface area (Å²) < 4.78 is 66.4. The lowest BCUT2D eigenvalue weighted by Gasteiger charge is -2.23. The van der Waals surface area contributed by atoms with Crippen molar-refractivity contribution in [3.8, 4) is 0 Å². The maximum atomic E-state index is 13.0. The lowest BCUT2D eigenvalue weighted by molar-refractivity contribution is -0.111. The molecule has 15 nitrogen and oxygen atoms in total. The maximum absolute atomic E-state index is 13.0. The van der Waals surface area contributed by atoms with Gasteiger partial charge in [-0.15, -0.1) is 0 Å². The molecule has 0 radical (unpaired) electrons. The Hall–Kier alpha value is -6.27. The number of urea groups is 1. The van der Waals surface area contributed by atoms with E-state index in [0.29, 0.717) is 11.4 Å². The topological polar surface area (TPSA) is 242 Å². The molecule has 0 saturated heterocycles. The highest BCUT2D eigenvalue weighted by molar-refractivity contribution is 7.91. The Morgan fingerprint density at radius 1 is 0.558 bits per heavy atom. The Bertz CT molecular complexity index is 2290. The van der Waals surface area contributed by atoms with Gasteiger partial charge in [-0.2, -0.15) is 16.8 Å². The fraction of sp³-hybridized carbons (Fsp3) is 0.0571. The van der Waals surface area contributed by atoms with Gasteiger partial charge in [0.1, 0.15) is 9.81 Å². The van der Waals surface area contributed by atoms with Gasteiger partial charge >= 0.3 is 6.03 Å². The van der Waals surface area contributed by atoms with Crippen molar-refractivity contribution < 1.29 is 49.9 Å². The van der Waals surface area contributed by atoms with E-state index in [1.165, 1.54) is 60.7 Å². The molecule has 0 bridgehead atoms. The average molecular weight is 743 g/mol. The molecule has 0 spiro atoms. The summed E-state index contributed by atoms with van der Waals surface area (Å²) in [5.41, 5.74) is 1.73. The quantitative estimate of drug-likeness (QED) is 0.213. The van der Waals surface area contributed by atoms with Crippen molar-refractivity contribution in [3.63, 3.8) is 0 Å². The summed E-state index contributed by atoms with van der Waals surface area (Å²) in [4.78, 5) is 62.2. The Labute approximate surface area is 296 Å². The molecule has 0 saturated carbocycles. The zero-order chi connectivity index (χ0) is 37.4. The van der Waals surface area contributed by atoms with E-state index in [1.807, 2.05) is 0 Å². The number of anilines is 2. The third-order valence-corrected chi connectivity index (χ3v) is 9.97. The lowest BCUT2D eigenvalue weighted by Crippen LogP contribution is -2.29. The molecule has 0 aromatic heterocycles. The second-order valence-electron chi connectivity index (χ2n) is 11.5. The number of carbonyl (C=O) groups excluding carboxylic acids is 5. The number of nitrogens with one attached hydrogen (secondary N) is 4. The van der Waals surface area contributed by atoms with E-state index in [9.17, 15) is 49.9 Å². The number of hydrogen-bond acceptors (Lipinski definition) is 9. The van der Waals surface area contributed by atoms with Gasteiger partial charge in [0.05, 0.1) is 11.4 Å². The first kappa shape index (κ1) is 35.6. The van der Waals surface area contributed by atoms with E-state index >= 15 is 0 Å². The van der Waals surface area contributed by atoms with Crippen molar-refractivity contribution in [3.05, 3.63) is 152 Å². The van der Waals surface area contributed by atoms with Gasteiger partial charge in [-0.05, 0) is 72.5 Å². The predicted octanol–water partition coefficient (Wildman–Crippen LogP) is 3.78. The molecule has 0 fully saturated rings. The predicted molar refractivity (Wildman–Crippen MR) is 187 cm³/mol. The highest BCUT2D eigenvalue weighted by Gasteiger charge is 2.35. The van der Waals surface area contributed by atoms with Crippen LogP contribution in [0.15, 0.2) is 141 Å². The zero-order valence-electron chi connectivity index (χ0n) is 26.5. The maximum Gasteiger partial charge on any atom is 0.323 e. The number of amides is 4. The summed E-state index contributed by atoms with van der Waals surface area (Å²) in [7, 11) is -9.60. The van der Waals surface area contributed by atoms with Gasteiger partial charge in [-0.3, -0.25) is 28.3 Å². The molecule has 0 atom stereocenters.